The van der Waals surface area contributed by atoms with Gasteiger partial charge in [0.15, 0.2) is 0 Å². The van der Waals surface area contributed by atoms with Gasteiger partial charge in [-0.05, 0) is 17.7 Å². The summed E-state index contributed by atoms with van der Waals surface area (Å²) in [5.41, 5.74) is 1.26. The molecule has 2 saturated heterocycles. The largest absolute Gasteiger partial charge is 0.314 e. The van der Waals surface area contributed by atoms with Crippen LogP contribution >= 0.6 is 11.6 Å². The van der Waals surface area contributed by atoms with Gasteiger partial charge in [0.25, 0.3) is 0 Å². The minimum atomic E-state index is 0.590. The summed E-state index contributed by atoms with van der Waals surface area (Å²) in [6.45, 7) is 7.99. The molecule has 5 heteroatoms. The molecular weight excluding hydrogens is 248 g/mol. The summed E-state index contributed by atoms with van der Waals surface area (Å²) < 4.78 is 0. The molecule has 3 heterocycles. The van der Waals surface area contributed by atoms with Gasteiger partial charge in [0.05, 0.1) is 0 Å². The van der Waals surface area contributed by atoms with Crippen molar-refractivity contribution in [3.8, 4) is 0 Å². The van der Waals surface area contributed by atoms with Crippen molar-refractivity contribution in [2.45, 2.75) is 12.6 Å². The average molecular weight is 267 g/mol. The highest BCUT2D eigenvalue weighted by atomic mass is 35.5. The molecule has 1 aromatic heterocycles. The molecule has 1 N–H and O–H groups in total. The number of rotatable bonds is 3. The van der Waals surface area contributed by atoms with Gasteiger partial charge in [0.2, 0.25) is 0 Å². The maximum atomic E-state index is 5.91. The Morgan fingerprint density at radius 1 is 1.28 bits per heavy atom. The number of nitrogens with one attached hydrogen (secondary N) is 1. The van der Waals surface area contributed by atoms with Crippen LogP contribution in [0.3, 0.4) is 0 Å². The first-order chi connectivity index (χ1) is 8.81. The summed E-state index contributed by atoms with van der Waals surface area (Å²) in [5, 5.41) is 3.93. The van der Waals surface area contributed by atoms with Crippen LogP contribution in [0.4, 0.5) is 0 Å². The van der Waals surface area contributed by atoms with Crippen LogP contribution < -0.4 is 5.32 Å². The van der Waals surface area contributed by atoms with Crippen LogP contribution in [0.25, 0.3) is 0 Å². The van der Waals surface area contributed by atoms with Crippen LogP contribution in [-0.2, 0) is 6.54 Å². The van der Waals surface area contributed by atoms with Crippen molar-refractivity contribution in [1.29, 1.82) is 0 Å². The van der Waals surface area contributed by atoms with Gasteiger partial charge in [0, 0.05) is 58.1 Å². The molecule has 2 fully saturated rings. The fraction of sp³-hybridized carbons (Fsp3) is 0.615. The van der Waals surface area contributed by atoms with E-state index in [9.17, 15) is 0 Å². The molecule has 2 aliphatic heterocycles. The number of piperazine rings is 1. The van der Waals surface area contributed by atoms with Crippen LogP contribution in [0, 0.1) is 0 Å². The van der Waals surface area contributed by atoms with E-state index >= 15 is 0 Å². The Bertz CT molecular complexity index is 400. The fourth-order valence-corrected chi connectivity index (χ4v) is 2.81. The lowest BCUT2D eigenvalue weighted by molar-refractivity contribution is 0.0695. The topological polar surface area (TPSA) is 31.4 Å². The molecular formula is C13H19ClN4. The molecule has 0 aromatic carbocycles. The molecule has 0 unspecified atom stereocenters. The smallest absolute Gasteiger partial charge is 0.129 e. The lowest BCUT2D eigenvalue weighted by Crippen LogP contribution is -2.61. The van der Waals surface area contributed by atoms with E-state index in [2.05, 4.69) is 20.1 Å². The number of pyridine rings is 1. The molecule has 0 atom stereocenters. The van der Waals surface area contributed by atoms with Crippen LogP contribution in [-0.4, -0.2) is 60.1 Å². The third-order valence-corrected chi connectivity index (χ3v) is 4.09. The van der Waals surface area contributed by atoms with Gasteiger partial charge in [0.1, 0.15) is 5.15 Å². The second-order valence-corrected chi connectivity index (χ2v) is 5.50. The van der Waals surface area contributed by atoms with E-state index in [-0.39, 0.29) is 0 Å². The molecule has 0 aliphatic carbocycles. The van der Waals surface area contributed by atoms with Crippen LogP contribution in [0.1, 0.15) is 5.56 Å². The van der Waals surface area contributed by atoms with Gasteiger partial charge in [-0.25, -0.2) is 4.98 Å². The van der Waals surface area contributed by atoms with Crippen LogP contribution in [0.5, 0.6) is 0 Å². The van der Waals surface area contributed by atoms with Crippen molar-refractivity contribution in [3.05, 3.63) is 29.0 Å². The Balaban J connectivity index is 1.50. The lowest BCUT2D eigenvalue weighted by Gasteiger charge is -2.43. The first-order valence-electron chi connectivity index (χ1n) is 6.59. The fourth-order valence-electron chi connectivity index (χ4n) is 2.62. The Morgan fingerprint density at radius 3 is 2.67 bits per heavy atom. The van der Waals surface area contributed by atoms with Gasteiger partial charge >= 0.3 is 0 Å². The minimum Gasteiger partial charge on any atom is -0.314 e. The third kappa shape index (κ3) is 2.83. The van der Waals surface area contributed by atoms with E-state index in [0.29, 0.717) is 5.15 Å². The van der Waals surface area contributed by atoms with Crippen molar-refractivity contribution >= 4 is 11.6 Å². The molecule has 18 heavy (non-hydrogen) atoms. The predicted molar refractivity (Wildman–Crippen MR) is 72.8 cm³/mol. The van der Waals surface area contributed by atoms with Gasteiger partial charge in [-0.1, -0.05) is 11.6 Å². The summed E-state index contributed by atoms with van der Waals surface area (Å²) in [6, 6.07) is 4.79. The Morgan fingerprint density at radius 2 is 2.06 bits per heavy atom. The highest BCUT2D eigenvalue weighted by molar-refractivity contribution is 6.29. The summed E-state index contributed by atoms with van der Waals surface area (Å²) >= 11 is 5.91. The number of aromatic nitrogens is 1. The summed E-state index contributed by atoms with van der Waals surface area (Å²) in [5.74, 6) is 0. The SMILES string of the molecule is Clc1cc(CN2CCN(C3CNC3)CC2)ccn1. The zero-order chi connectivity index (χ0) is 12.4. The van der Waals surface area contributed by atoms with Gasteiger partial charge in [-0.3, -0.25) is 9.80 Å². The molecule has 0 saturated carbocycles. The Labute approximate surface area is 113 Å². The van der Waals surface area contributed by atoms with Crippen molar-refractivity contribution in [2.24, 2.45) is 0 Å². The van der Waals surface area contributed by atoms with Crippen molar-refractivity contribution < 1.29 is 0 Å². The van der Waals surface area contributed by atoms with E-state index in [1.165, 1.54) is 31.7 Å². The Hall–Kier alpha value is -0.680. The first kappa shape index (κ1) is 12.4. The van der Waals surface area contributed by atoms with E-state index in [0.717, 1.165) is 25.7 Å². The molecule has 1 aromatic rings. The highest BCUT2D eigenvalue weighted by Crippen LogP contribution is 2.14. The molecule has 4 nitrogen and oxygen atoms in total. The third-order valence-electron chi connectivity index (χ3n) is 3.88. The van der Waals surface area contributed by atoms with Crippen molar-refractivity contribution in [3.63, 3.8) is 0 Å². The average Bonchev–Trinajstić information content (AvgIpc) is 2.29. The van der Waals surface area contributed by atoms with Crippen molar-refractivity contribution in [1.82, 2.24) is 20.1 Å². The maximum absolute atomic E-state index is 5.91. The Kier molecular flexibility index (Phi) is 3.80. The quantitative estimate of drug-likeness (QED) is 0.821. The molecule has 0 amide bonds. The second kappa shape index (κ2) is 5.53. The molecule has 2 aliphatic rings. The summed E-state index contributed by atoms with van der Waals surface area (Å²) in [4.78, 5) is 9.12. The van der Waals surface area contributed by atoms with E-state index in [1.54, 1.807) is 6.20 Å². The number of nitrogens with zero attached hydrogens (tertiary/aromatic N) is 3. The normalized spacial score (nSPS) is 22.9. The number of hydrogen-bond acceptors (Lipinski definition) is 4. The van der Waals surface area contributed by atoms with Gasteiger partial charge in [-0.15, -0.1) is 0 Å². The number of hydrogen-bond donors (Lipinski definition) is 1. The monoisotopic (exact) mass is 266 g/mol. The minimum absolute atomic E-state index is 0.590. The van der Waals surface area contributed by atoms with Crippen molar-refractivity contribution in [2.75, 3.05) is 39.3 Å². The van der Waals surface area contributed by atoms with Gasteiger partial charge < -0.3 is 5.32 Å². The summed E-state index contributed by atoms with van der Waals surface area (Å²) in [7, 11) is 0. The maximum Gasteiger partial charge on any atom is 0.129 e. The lowest BCUT2D eigenvalue weighted by atomic mass is 10.1. The zero-order valence-electron chi connectivity index (χ0n) is 10.5. The first-order valence-corrected chi connectivity index (χ1v) is 6.96. The van der Waals surface area contributed by atoms with E-state index in [1.807, 2.05) is 12.1 Å². The molecule has 0 radical (unpaired) electrons. The zero-order valence-corrected chi connectivity index (χ0v) is 11.2. The summed E-state index contributed by atoms with van der Waals surface area (Å²) in [6.07, 6.45) is 1.79. The molecule has 0 bridgehead atoms. The van der Waals surface area contributed by atoms with Gasteiger partial charge in [-0.2, -0.15) is 0 Å². The van der Waals surface area contributed by atoms with Crippen LogP contribution in [0.2, 0.25) is 5.15 Å². The highest BCUT2D eigenvalue weighted by Gasteiger charge is 2.27. The molecule has 98 valence electrons. The van der Waals surface area contributed by atoms with Crippen LogP contribution in [0.15, 0.2) is 18.3 Å². The number of halogens is 1. The van der Waals surface area contributed by atoms with E-state index < -0.39 is 0 Å². The second-order valence-electron chi connectivity index (χ2n) is 5.11. The van der Waals surface area contributed by atoms with E-state index in [4.69, 9.17) is 11.6 Å². The predicted octanol–water partition coefficient (Wildman–Crippen LogP) is 0.824. The molecule has 0 spiro atoms. The standard InChI is InChI=1S/C13H19ClN4/c14-13-7-11(1-2-16-13)10-17-3-5-18(6-4-17)12-8-15-9-12/h1-2,7,12,15H,3-6,8-10H2. The molecule has 3 rings (SSSR count).